The monoisotopic (exact) mass is 200 g/mol. The van der Waals surface area contributed by atoms with Crippen LogP contribution in [-0.4, -0.2) is 43.7 Å². The third-order valence-electron chi connectivity index (χ3n) is 2.97. The standard InChI is InChI=1S/C10H20N2O2/c1-10(2)7-12(5-4-8(10)11)6-9(13)14-3/h8H,4-7,11H2,1-3H3. The van der Waals surface area contributed by atoms with Crippen LogP contribution in [0.25, 0.3) is 0 Å². The highest BCUT2D eigenvalue weighted by Crippen LogP contribution is 2.27. The number of carbonyl (C=O) groups is 1. The van der Waals surface area contributed by atoms with Gasteiger partial charge in [0.05, 0.1) is 13.7 Å². The van der Waals surface area contributed by atoms with E-state index in [0.29, 0.717) is 6.54 Å². The zero-order valence-electron chi connectivity index (χ0n) is 9.25. The molecule has 0 spiro atoms. The molecule has 0 amide bonds. The number of piperidine rings is 1. The smallest absolute Gasteiger partial charge is 0.319 e. The highest BCUT2D eigenvalue weighted by atomic mass is 16.5. The molecule has 1 aliphatic rings. The van der Waals surface area contributed by atoms with Gasteiger partial charge >= 0.3 is 5.97 Å². The van der Waals surface area contributed by atoms with E-state index in [2.05, 4.69) is 23.5 Å². The average Bonchev–Trinajstić information content (AvgIpc) is 2.11. The highest BCUT2D eigenvalue weighted by Gasteiger charge is 2.33. The maximum atomic E-state index is 11.1. The lowest BCUT2D eigenvalue weighted by Gasteiger charge is -2.42. The fourth-order valence-electron chi connectivity index (χ4n) is 1.87. The molecule has 82 valence electrons. The van der Waals surface area contributed by atoms with Crippen LogP contribution < -0.4 is 5.73 Å². The van der Waals surface area contributed by atoms with Gasteiger partial charge in [-0.25, -0.2) is 0 Å². The molecule has 1 aliphatic heterocycles. The Labute approximate surface area is 85.4 Å². The summed E-state index contributed by atoms with van der Waals surface area (Å²) in [5, 5.41) is 0. The molecular weight excluding hydrogens is 180 g/mol. The normalized spacial score (nSPS) is 27.3. The molecule has 0 aromatic carbocycles. The van der Waals surface area contributed by atoms with Gasteiger partial charge in [0.1, 0.15) is 0 Å². The number of methoxy groups -OCH3 is 1. The van der Waals surface area contributed by atoms with Crippen molar-refractivity contribution in [2.24, 2.45) is 11.1 Å². The van der Waals surface area contributed by atoms with E-state index in [4.69, 9.17) is 5.73 Å². The van der Waals surface area contributed by atoms with Gasteiger partial charge in [0.2, 0.25) is 0 Å². The number of hydrogen-bond acceptors (Lipinski definition) is 4. The van der Waals surface area contributed by atoms with Gasteiger partial charge in [-0.3, -0.25) is 9.69 Å². The average molecular weight is 200 g/mol. The fourth-order valence-corrected chi connectivity index (χ4v) is 1.87. The lowest BCUT2D eigenvalue weighted by Crippen LogP contribution is -2.53. The van der Waals surface area contributed by atoms with Gasteiger partial charge in [-0.1, -0.05) is 13.8 Å². The summed E-state index contributed by atoms with van der Waals surface area (Å²) < 4.78 is 4.64. The topological polar surface area (TPSA) is 55.6 Å². The molecule has 1 heterocycles. The van der Waals surface area contributed by atoms with E-state index >= 15 is 0 Å². The molecule has 2 N–H and O–H groups in total. The second kappa shape index (κ2) is 4.28. The number of hydrogen-bond donors (Lipinski definition) is 1. The molecule has 4 nitrogen and oxygen atoms in total. The molecule has 1 fully saturated rings. The van der Waals surface area contributed by atoms with Crippen LogP contribution in [-0.2, 0) is 9.53 Å². The third-order valence-corrected chi connectivity index (χ3v) is 2.97. The molecule has 0 aromatic rings. The van der Waals surface area contributed by atoms with Crippen LogP contribution in [0.3, 0.4) is 0 Å². The summed E-state index contributed by atoms with van der Waals surface area (Å²) in [7, 11) is 1.42. The summed E-state index contributed by atoms with van der Waals surface area (Å²) in [5.41, 5.74) is 6.08. The van der Waals surface area contributed by atoms with Gasteiger partial charge in [0.15, 0.2) is 0 Å². The zero-order valence-corrected chi connectivity index (χ0v) is 9.25. The van der Waals surface area contributed by atoms with Crippen molar-refractivity contribution in [3.05, 3.63) is 0 Å². The van der Waals surface area contributed by atoms with E-state index < -0.39 is 0 Å². The van der Waals surface area contributed by atoms with Crippen LogP contribution in [0.5, 0.6) is 0 Å². The maximum absolute atomic E-state index is 11.1. The van der Waals surface area contributed by atoms with Crippen molar-refractivity contribution in [1.29, 1.82) is 0 Å². The summed E-state index contributed by atoms with van der Waals surface area (Å²) in [6, 6.07) is 0.233. The van der Waals surface area contributed by atoms with Crippen molar-refractivity contribution in [2.45, 2.75) is 26.3 Å². The summed E-state index contributed by atoms with van der Waals surface area (Å²) in [6.45, 7) is 6.41. The molecule has 1 rings (SSSR count). The Morgan fingerprint density at radius 2 is 2.29 bits per heavy atom. The van der Waals surface area contributed by atoms with Crippen molar-refractivity contribution in [3.63, 3.8) is 0 Å². The van der Waals surface area contributed by atoms with Crippen LogP contribution >= 0.6 is 0 Å². The molecule has 0 aromatic heterocycles. The summed E-state index contributed by atoms with van der Waals surface area (Å²) in [5.74, 6) is -0.170. The molecule has 0 aliphatic carbocycles. The number of esters is 1. The first-order valence-corrected chi connectivity index (χ1v) is 5.00. The number of nitrogens with two attached hydrogens (primary N) is 1. The van der Waals surface area contributed by atoms with Gasteiger partial charge in [-0.15, -0.1) is 0 Å². The Morgan fingerprint density at radius 3 is 2.79 bits per heavy atom. The molecule has 1 unspecified atom stereocenters. The number of likely N-dealkylation sites (tertiary alicyclic amines) is 1. The fraction of sp³-hybridized carbons (Fsp3) is 0.900. The number of rotatable bonds is 2. The van der Waals surface area contributed by atoms with Crippen molar-refractivity contribution in [3.8, 4) is 0 Å². The number of nitrogens with zero attached hydrogens (tertiary/aromatic N) is 1. The Balaban J connectivity index is 2.47. The van der Waals surface area contributed by atoms with Crippen LogP contribution in [0.15, 0.2) is 0 Å². The molecule has 1 atom stereocenters. The first-order chi connectivity index (χ1) is 6.45. The first kappa shape index (κ1) is 11.5. The predicted molar refractivity (Wildman–Crippen MR) is 54.8 cm³/mol. The van der Waals surface area contributed by atoms with Crippen LogP contribution in [0.2, 0.25) is 0 Å². The number of carbonyl (C=O) groups excluding carboxylic acids is 1. The predicted octanol–water partition coefficient (Wildman–Crippen LogP) is 0.219. The van der Waals surface area contributed by atoms with Gasteiger partial charge in [-0.05, 0) is 11.8 Å². The Hall–Kier alpha value is -0.610. The summed E-state index contributed by atoms with van der Waals surface area (Å²) in [6.07, 6.45) is 0.948. The van der Waals surface area contributed by atoms with E-state index in [9.17, 15) is 4.79 Å². The Bertz CT molecular complexity index is 216. The Kier molecular flexibility index (Phi) is 3.50. The number of ether oxygens (including phenoxy) is 1. The summed E-state index contributed by atoms with van der Waals surface area (Å²) in [4.78, 5) is 13.2. The second-order valence-electron chi connectivity index (χ2n) is 4.67. The molecule has 1 saturated heterocycles. The van der Waals surface area contributed by atoms with Crippen LogP contribution in [0.1, 0.15) is 20.3 Å². The van der Waals surface area contributed by atoms with E-state index in [1.165, 1.54) is 7.11 Å². The molecule has 0 bridgehead atoms. The minimum absolute atomic E-state index is 0.0896. The minimum atomic E-state index is -0.170. The van der Waals surface area contributed by atoms with Crippen LogP contribution in [0.4, 0.5) is 0 Å². The van der Waals surface area contributed by atoms with E-state index in [0.717, 1.165) is 19.5 Å². The molecular formula is C10H20N2O2. The molecule has 0 radical (unpaired) electrons. The second-order valence-corrected chi connectivity index (χ2v) is 4.67. The van der Waals surface area contributed by atoms with Crippen molar-refractivity contribution in [2.75, 3.05) is 26.7 Å². The van der Waals surface area contributed by atoms with Gasteiger partial charge < -0.3 is 10.5 Å². The van der Waals surface area contributed by atoms with Gasteiger partial charge in [0.25, 0.3) is 0 Å². The lowest BCUT2D eigenvalue weighted by atomic mass is 9.80. The Morgan fingerprint density at radius 1 is 1.64 bits per heavy atom. The minimum Gasteiger partial charge on any atom is -0.468 e. The summed E-state index contributed by atoms with van der Waals surface area (Å²) >= 11 is 0. The first-order valence-electron chi connectivity index (χ1n) is 5.00. The maximum Gasteiger partial charge on any atom is 0.319 e. The van der Waals surface area contributed by atoms with E-state index in [-0.39, 0.29) is 17.4 Å². The van der Waals surface area contributed by atoms with Crippen LogP contribution in [0, 0.1) is 5.41 Å². The third kappa shape index (κ3) is 2.69. The lowest BCUT2D eigenvalue weighted by molar-refractivity contribution is -0.142. The van der Waals surface area contributed by atoms with Crippen molar-refractivity contribution >= 4 is 5.97 Å². The zero-order chi connectivity index (χ0) is 10.8. The quantitative estimate of drug-likeness (QED) is 0.648. The van der Waals surface area contributed by atoms with Crippen molar-refractivity contribution in [1.82, 2.24) is 4.90 Å². The molecule has 14 heavy (non-hydrogen) atoms. The van der Waals surface area contributed by atoms with Gasteiger partial charge in [0, 0.05) is 19.1 Å². The highest BCUT2D eigenvalue weighted by molar-refractivity contribution is 5.71. The van der Waals surface area contributed by atoms with E-state index in [1.54, 1.807) is 0 Å². The van der Waals surface area contributed by atoms with E-state index in [1.807, 2.05) is 0 Å². The van der Waals surface area contributed by atoms with Gasteiger partial charge in [-0.2, -0.15) is 0 Å². The molecule has 4 heteroatoms. The SMILES string of the molecule is COC(=O)CN1CCC(N)C(C)(C)C1. The molecule has 0 saturated carbocycles. The largest absolute Gasteiger partial charge is 0.468 e. The van der Waals surface area contributed by atoms with Crippen molar-refractivity contribution < 1.29 is 9.53 Å².